The lowest BCUT2D eigenvalue weighted by atomic mass is 9.98. The lowest BCUT2D eigenvalue weighted by molar-refractivity contribution is 0.178. The molecule has 2 aromatic carbocycles. The zero-order valence-corrected chi connectivity index (χ0v) is 13.2. The zero-order chi connectivity index (χ0) is 14.5. The number of hydrogen-bond acceptors (Lipinski definition) is 2. The van der Waals surface area contributed by atoms with Gasteiger partial charge in [-0.3, -0.25) is 0 Å². The first-order valence-corrected chi connectivity index (χ1v) is 8.05. The summed E-state index contributed by atoms with van der Waals surface area (Å²) in [6, 6.07) is 14.7. The summed E-state index contributed by atoms with van der Waals surface area (Å²) in [5.41, 5.74) is 4.69. The van der Waals surface area contributed by atoms with Crippen LogP contribution in [0.2, 0.25) is 0 Å². The molecule has 1 N–H and O–H groups in total. The molecule has 2 heteroatoms. The fraction of sp³-hybridized carbons (Fsp3) is 0.333. The summed E-state index contributed by atoms with van der Waals surface area (Å²) < 4.78 is 0. The zero-order valence-electron chi connectivity index (χ0n) is 12.4. The fourth-order valence-electron chi connectivity index (χ4n) is 2.48. The van der Waals surface area contributed by atoms with E-state index in [2.05, 4.69) is 51.1 Å². The van der Waals surface area contributed by atoms with Crippen molar-refractivity contribution in [1.82, 2.24) is 0 Å². The summed E-state index contributed by atoms with van der Waals surface area (Å²) in [7, 11) is 0. The Balaban J connectivity index is 2.08. The van der Waals surface area contributed by atoms with Crippen LogP contribution in [0.3, 0.4) is 0 Å². The molecular weight excluding hydrogens is 264 g/mol. The standard InChI is InChI=1S/C18H22OS/c1-4-20-17-7-5-16(6-8-17)18(19)12-15-10-13(2)9-14(3)11-15/h5-11,18-19H,4,12H2,1-3H3. The van der Waals surface area contributed by atoms with Gasteiger partial charge in [-0.15, -0.1) is 11.8 Å². The molecule has 0 aromatic heterocycles. The van der Waals surface area contributed by atoms with Gasteiger partial charge in [0.2, 0.25) is 0 Å². The van der Waals surface area contributed by atoms with E-state index in [1.165, 1.54) is 21.6 Å². The maximum Gasteiger partial charge on any atom is 0.0830 e. The molecule has 0 aliphatic heterocycles. The van der Waals surface area contributed by atoms with Crippen LogP contribution in [0.25, 0.3) is 0 Å². The Morgan fingerprint density at radius 1 is 1.00 bits per heavy atom. The van der Waals surface area contributed by atoms with Crippen molar-refractivity contribution in [2.24, 2.45) is 0 Å². The van der Waals surface area contributed by atoms with Crippen LogP contribution in [0.15, 0.2) is 47.4 Å². The summed E-state index contributed by atoms with van der Waals surface area (Å²) in [6.45, 7) is 6.34. The number of aliphatic hydroxyl groups excluding tert-OH is 1. The third-order valence-corrected chi connectivity index (χ3v) is 4.18. The fourth-order valence-corrected chi connectivity index (χ4v) is 3.14. The second-order valence-corrected chi connectivity index (χ2v) is 6.56. The number of thioether (sulfide) groups is 1. The summed E-state index contributed by atoms with van der Waals surface area (Å²) in [5.74, 6) is 1.07. The maximum atomic E-state index is 10.4. The van der Waals surface area contributed by atoms with E-state index < -0.39 is 6.10 Å². The molecule has 2 aromatic rings. The van der Waals surface area contributed by atoms with Crippen LogP contribution in [0.5, 0.6) is 0 Å². The monoisotopic (exact) mass is 286 g/mol. The molecule has 0 amide bonds. The molecule has 1 nitrogen and oxygen atoms in total. The Morgan fingerprint density at radius 2 is 1.60 bits per heavy atom. The minimum absolute atomic E-state index is 0.433. The summed E-state index contributed by atoms with van der Waals surface area (Å²) in [5, 5.41) is 10.4. The van der Waals surface area contributed by atoms with Gasteiger partial charge in [0.15, 0.2) is 0 Å². The SMILES string of the molecule is CCSc1ccc(C(O)Cc2cc(C)cc(C)c2)cc1. The van der Waals surface area contributed by atoms with E-state index in [1.54, 1.807) is 0 Å². The van der Waals surface area contributed by atoms with Crippen molar-refractivity contribution >= 4 is 11.8 Å². The van der Waals surface area contributed by atoms with Crippen molar-refractivity contribution in [3.05, 3.63) is 64.7 Å². The highest BCUT2D eigenvalue weighted by atomic mass is 32.2. The Bertz CT molecular complexity index is 540. The van der Waals surface area contributed by atoms with Crippen molar-refractivity contribution in [2.75, 3.05) is 5.75 Å². The molecule has 0 bridgehead atoms. The predicted molar refractivity (Wildman–Crippen MR) is 87.4 cm³/mol. The van der Waals surface area contributed by atoms with Crippen LogP contribution < -0.4 is 0 Å². The number of aryl methyl sites for hydroxylation is 2. The normalized spacial score (nSPS) is 12.4. The van der Waals surface area contributed by atoms with Crippen LogP contribution in [0.4, 0.5) is 0 Å². The lowest BCUT2D eigenvalue weighted by Crippen LogP contribution is -2.02. The van der Waals surface area contributed by atoms with Crippen molar-refractivity contribution in [1.29, 1.82) is 0 Å². The summed E-state index contributed by atoms with van der Waals surface area (Å²) >= 11 is 1.82. The molecule has 0 aliphatic rings. The van der Waals surface area contributed by atoms with Crippen molar-refractivity contribution in [2.45, 2.75) is 38.2 Å². The molecule has 0 fully saturated rings. The Kier molecular flexibility index (Phi) is 5.27. The van der Waals surface area contributed by atoms with Gasteiger partial charge >= 0.3 is 0 Å². The van der Waals surface area contributed by atoms with Gasteiger partial charge < -0.3 is 5.11 Å². The van der Waals surface area contributed by atoms with E-state index in [4.69, 9.17) is 0 Å². The van der Waals surface area contributed by atoms with Gasteiger partial charge in [-0.25, -0.2) is 0 Å². The maximum absolute atomic E-state index is 10.4. The molecule has 0 saturated heterocycles. The van der Waals surface area contributed by atoms with Gasteiger partial charge in [-0.1, -0.05) is 48.4 Å². The van der Waals surface area contributed by atoms with E-state index in [9.17, 15) is 5.11 Å². The van der Waals surface area contributed by atoms with Crippen LogP contribution in [0, 0.1) is 13.8 Å². The van der Waals surface area contributed by atoms with Crippen molar-refractivity contribution < 1.29 is 5.11 Å². The van der Waals surface area contributed by atoms with Gasteiger partial charge in [-0.05, 0) is 42.9 Å². The second-order valence-electron chi connectivity index (χ2n) is 5.22. The molecule has 20 heavy (non-hydrogen) atoms. The van der Waals surface area contributed by atoms with E-state index >= 15 is 0 Å². The molecule has 0 aliphatic carbocycles. The molecular formula is C18H22OS. The van der Waals surface area contributed by atoms with E-state index in [0.29, 0.717) is 6.42 Å². The van der Waals surface area contributed by atoms with Crippen LogP contribution in [-0.4, -0.2) is 10.9 Å². The Morgan fingerprint density at radius 3 is 2.15 bits per heavy atom. The third kappa shape index (κ3) is 4.12. The van der Waals surface area contributed by atoms with Gasteiger partial charge in [0.1, 0.15) is 0 Å². The smallest absolute Gasteiger partial charge is 0.0830 e. The van der Waals surface area contributed by atoms with E-state index in [1.807, 2.05) is 23.9 Å². The number of rotatable bonds is 5. The van der Waals surface area contributed by atoms with E-state index in [0.717, 1.165) is 11.3 Å². The average Bonchev–Trinajstić information content (AvgIpc) is 2.38. The quantitative estimate of drug-likeness (QED) is 0.805. The average molecular weight is 286 g/mol. The molecule has 1 atom stereocenters. The number of hydrogen-bond donors (Lipinski definition) is 1. The lowest BCUT2D eigenvalue weighted by Gasteiger charge is -2.13. The molecule has 1 unspecified atom stereocenters. The molecule has 0 heterocycles. The highest BCUT2D eigenvalue weighted by Crippen LogP contribution is 2.23. The van der Waals surface area contributed by atoms with Gasteiger partial charge in [0, 0.05) is 11.3 Å². The minimum atomic E-state index is -0.433. The van der Waals surface area contributed by atoms with Crippen molar-refractivity contribution in [3.63, 3.8) is 0 Å². The molecule has 0 spiro atoms. The minimum Gasteiger partial charge on any atom is -0.388 e. The second kappa shape index (κ2) is 6.96. The largest absolute Gasteiger partial charge is 0.388 e. The van der Waals surface area contributed by atoms with Crippen LogP contribution in [-0.2, 0) is 6.42 Å². The molecule has 2 rings (SSSR count). The predicted octanol–water partition coefficient (Wildman–Crippen LogP) is 4.69. The first-order valence-electron chi connectivity index (χ1n) is 7.06. The number of aliphatic hydroxyl groups is 1. The van der Waals surface area contributed by atoms with Crippen molar-refractivity contribution in [3.8, 4) is 0 Å². The van der Waals surface area contributed by atoms with Gasteiger partial charge in [0.05, 0.1) is 6.10 Å². The third-order valence-electron chi connectivity index (χ3n) is 3.29. The van der Waals surface area contributed by atoms with Gasteiger partial charge in [0.25, 0.3) is 0 Å². The molecule has 0 radical (unpaired) electrons. The van der Waals surface area contributed by atoms with E-state index in [-0.39, 0.29) is 0 Å². The summed E-state index contributed by atoms with van der Waals surface area (Å²) in [6.07, 6.45) is 0.236. The Labute approximate surface area is 126 Å². The first-order chi connectivity index (χ1) is 9.58. The van der Waals surface area contributed by atoms with Crippen LogP contribution in [0.1, 0.15) is 35.3 Å². The van der Waals surface area contributed by atoms with Crippen LogP contribution >= 0.6 is 11.8 Å². The topological polar surface area (TPSA) is 20.2 Å². The Hall–Kier alpha value is -1.25. The highest BCUT2D eigenvalue weighted by molar-refractivity contribution is 7.99. The molecule has 0 saturated carbocycles. The first kappa shape index (κ1) is 15.1. The summed E-state index contributed by atoms with van der Waals surface area (Å²) in [4.78, 5) is 1.26. The highest BCUT2D eigenvalue weighted by Gasteiger charge is 2.09. The van der Waals surface area contributed by atoms with Gasteiger partial charge in [-0.2, -0.15) is 0 Å². The number of benzene rings is 2. The molecule has 106 valence electrons.